The van der Waals surface area contributed by atoms with Gasteiger partial charge in [0.05, 0.1) is 23.7 Å². The van der Waals surface area contributed by atoms with Gasteiger partial charge < -0.3 is 9.47 Å². The quantitative estimate of drug-likeness (QED) is 0.753. The summed E-state index contributed by atoms with van der Waals surface area (Å²) in [5, 5.41) is 0. The molecule has 0 amide bonds. The first kappa shape index (κ1) is 14.0. The molecule has 0 aliphatic rings. The van der Waals surface area contributed by atoms with Crippen LogP contribution in [0.5, 0.6) is 11.5 Å². The molecule has 0 N–H and O–H groups in total. The van der Waals surface area contributed by atoms with Gasteiger partial charge in [-0.25, -0.2) is 0 Å². The minimum atomic E-state index is -2.08. The lowest BCUT2D eigenvalue weighted by Crippen LogP contribution is -2.43. The van der Waals surface area contributed by atoms with Crippen molar-refractivity contribution in [3.63, 3.8) is 0 Å². The van der Waals surface area contributed by atoms with Crippen molar-refractivity contribution >= 4 is 23.7 Å². The molecule has 6 heteroatoms. The smallest absolute Gasteiger partial charge is 0.405 e. The molecule has 0 saturated carbocycles. The molecular weight excluding hydrogens is 291 g/mol. The predicted molar refractivity (Wildman–Crippen MR) is 70.7 cm³/mol. The average Bonchev–Trinajstić information content (AvgIpc) is 2.48. The number of hydrogen-bond donors (Lipinski definition) is 0. The second-order valence-corrected chi connectivity index (χ2v) is 3.79. The van der Waals surface area contributed by atoms with Crippen LogP contribution in [0.1, 0.15) is 0 Å². The molecule has 19 heavy (non-hydrogen) atoms. The lowest BCUT2D eigenvalue weighted by Gasteiger charge is -2.26. The topological polar surface area (TPSA) is 36.9 Å². The van der Waals surface area contributed by atoms with Gasteiger partial charge in [-0.15, -0.1) is 0 Å². The third-order valence-corrected chi connectivity index (χ3v) is 2.54. The Morgan fingerprint density at radius 3 is 1.32 bits per heavy atom. The molecule has 100 valence electrons. The molecule has 0 aliphatic carbocycles. The van der Waals surface area contributed by atoms with Crippen molar-refractivity contribution in [2.45, 2.75) is 6.16 Å². The van der Waals surface area contributed by atoms with E-state index >= 15 is 0 Å². The van der Waals surface area contributed by atoms with Crippen molar-refractivity contribution in [2.75, 3.05) is 0 Å². The fourth-order valence-electron chi connectivity index (χ4n) is 1.36. The maximum atomic E-state index is 5.37. The van der Waals surface area contributed by atoms with Crippen LogP contribution in [-0.2, 0) is 8.58 Å². The highest BCUT2D eigenvalue weighted by Gasteiger charge is 2.40. The third-order valence-electron chi connectivity index (χ3n) is 2.16. The van der Waals surface area contributed by atoms with Gasteiger partial charge in [-0.05, 0) is 24.3 Å². The Kier molecular flexibility index (Phi) is 4.87. The van der Waals surface area contributed by atoms with Crippen molar-refractivity contribution < 1.29 is 18.1 Å². The molecule has 0 unspecified atom stereocenters. The van der Waals surface area contributed by atoms with Gasteiger partial charge in [0, 0.05) is 0 Å². The number of hydrogen-bond acceptors (Lipinski definition) is 4. The monoisotopic (exact) mass is 300 g/mol. The molecule has 2 rings (SSSR count). The number of halogens is 2. The summed E-state index contributed by atoms with van der Waals surface area (Å²) >= 11 is 10.7. The molecule has 0 heterocycles. The van der Waals surface area contributed by atoms with Gasteiger partial charge in [-0.3, -0.25) is 0 Å². The zero-order valence-electron chi connectivity index (χ0n) is 9.66. The van der Waals surface area contributed by atoms with Crippen LogP contribution in [0.15, 0.2) is 60.7 Å². The molecule has 0 saturated heterocycles. The second kappa shape index (κ2) is 6.63. The lowest BCUT2D eigenvalue weighted by atomic mass is 10.3. The highest BCUT2D eigenvalue weighted by atomic mass is 35.5. The van der Waals surface area contributed by atoms with Gasteiger partial charge in [0.25, 0.3) is 0 Å². The van der Waals surface area contributed by atoms with Crippen LogP contribution >= 0.6 is 23.7 Å². The van der Waals surface area contributed by atoms with E-state index < -0.39 is 6.16 Å². The van der Waals surface area contributed by atoms with Gasteiger partial charge >= 0.3 is 6.16 Å². The van der Waals surface area contributed by atoms with Crippen molar-refractivity contribution in [2.24, 2.45) is 0 Å². The fraction of sp³-hybridized carbons (Fsp3) is 0.0769. The summed E-state index contributed by atoms with van der Waals surface area (Å²) in [5.74, 6) is 0.833. The lowest BCUT2D eigenvalue weighted by molar-refractivity contribution is -0.366. The van der Waals surface area contributed by atoms with Crippen molar-refractivity contribution in [3.8, 4) is 11.5 Å². The van der Waals surface area contributed by atoms with Gasteiger partial charge in [0.2, 0.25) is 0 Å². The van der Waals surface area contributed by atoms with Crippen LogP contribution in [0.2, 0.25) is 0 Å². The van der Waals surface area contributed by atoms with Crippen LogP contribution in [0.25, 0.3) is 0 Å². The van der Waals surface area contributed by atoms with E-state index in [4.69, 9.17) is 33.2 Å². The molecule has 0 fully saturated rings. The average molecular weight is 301 g/mol. The van der Waals surface area contributed by atoms with E-state index in [0.29, 0.717) is 11.5 Å². The van der Waals surface area contributed by atoms with E-state index in [2.05, 4.69) is 8.58 Å². The first-order chi connectivity index (χ1) is 9.28. The van der Waals surface area contributed by atoms with E-state index in [0.717, 1.165) is 0 Å². The molecule has 0 aromatic heterocycles. The SMILES string of the molecule is ClOC(OCl)(Oc1ccccc1)Oc1ccccc1. The van der Waals surface area contributed by atoms with Crippen molar-refractivity contribution in [3.05, 3.63) is 60.7 Å². The van der Waals surface area contributed by atoms with E-state index in [1.165, 1.54) is 0 Å². The number of rotatable bonds is 6. The Labute approximate surface area is 120 Å². The summed E-state index contributed by atoms with van der Waals surface area (Å²) < 4.78 is 19.9. The summed E-state index contributed by atoms with van der Waals surface area (Å²) in [7, 11) is 0. The summed E-state index contributed by atoms with van der Waals surface area (Å²) in [5.41, 5.74) is 0. The Hall–Kier alpha value is -1.46. The molecule has 0 atom stereocenters. The molecule has 2 aromatic carbocycles. The number of ether oxygens (including phenoxy) is 2. The van der Waals surface area contributed by atoms with Crippen LogP contribution in [0, 0.1) is 0 Å². The highest BCUT2D eigenvalue weighted by Crippen LogP contribution is 2.27. The zero-order valence-corrected chi connectivity index (χ0v) is 11.2. The Morgan fingerprint density at radius 1 is 0.632 bits per heavy atom. The molecule has 0 aliphatic heterocycles. The molecule has 0 bridgehead atoms. The number of para-hydroxylation sites is 2. The largest absolute Gasteiger partial charge is 0.542 e. The molecule has 2 aromatic rings. The van der Waals surface area contributed by atoms with Gasteiger partial charge in [0.15, 0.2) is 0 Å². The summed E-state index contributed by atoms with van der Waals surface area (Å²) in [6.07, 6.45) is -2.08. The molecule has 0 spiro atoms. The Morgan fingerprint density at radius 2 is 1.00 bits per heavy atom. The van der Waals surface area contributed by atoms with Crippen molar-refractivity contribution in [1.82, 2.24) is 0 Å². The first-order valence-corrected chi connectivity index (χ1v) is 5.97. The van der Waals surface area contributed by atoms with E-state index in [9.17, 15) is 0 Å². The number of benzene rings is 2. The van der Waals surface area contributed by atoms with Gasteiger partial charge in [-0.2, -0.15) is 8.58 Å². The predicted octanol–water partition coefficient (Wildman–Crippen LogP) is 4.10. The fourth-order valence-corrected chi connectivity index (χ4v) is 1.58. The minimum Gasteiger partial charge on any atom is -0.405 e. The van der Waals surface area contributed by atoms with Gasteiger partial charge in [-0.1, -0.05) is 36.4 Å². The van der Waals surface area contributed by atoms with Crippen LogP contribution in [-0.4, -0.2) is 6.16 Å². The van der Waals surface area contributed by atoms with Gasteiger partial charge in [0.1, 0.15) is 11.5 Å². The van der Waals surface area contributed by atoms with Crippen LogP contribution in [0.3, 0.4) is 0 Å². The second-order valence-electron chi connectivity index (χ2n) is 3.48. The van der Waals surface area contributed by atoms with Crippen LogP contribution < -0.4 is 9.47 Å². The highest BCUT2D eigenvalue weighted by molar-refractivity contribution is 6.09. The standard InChI is InChI=1S/C13H10Cl2O4/c14-18-13(19-15,16-11-7-3-1-4-8-11)17-12-9-5-2-6-10-12/h1-10H. The maximum Gasteiger partial charge on any atom is 0.542 e. The van der Waals surface area contributed by atoms with E-state index in [1.54, 1.807) is 48.5 Å². The molecular formula is C13H10Cl2O4. The zero-order chi connectivity index (χ0) is 13.6. The van der Waals surface area contributed by atoms with E-state index in [1.807, 2.05) is 12.1 Å². The normalized spacial score (nSPS) is 11.1. The van der Waals surface area contributed by atoms with Crippen molar-refractivity contribution in [1.29, 1.82) is 0 Å². The third kappa shape index (κ3) is 3.75. The maximum absolute atomic E-state index is 5.37. The Bertz CT molecular complexity index is 445. The molecule has 4 nitrogen and oxygen atoms in total. The van der Waals surface area contributed by atoms with E-state index in [-0.39, 0.29) is 0 Å². The summed E-state index contributed by atoms with van der Waals surface area (Å²) in [4.78, 5) is 0. The first-order valence-electron chi connectivity index (χ1n) is 5.35. The van der Waals surface area contributed by atoms with Crippen LogP contribution in [0.4, 0.5) is 0 Å². The molecule has 0 radical (unpaired) electrons. The summed E-state index contributed by atoms with van der Waals surface area (Å²) in [6, 6.07) is 17.4. The summed E-state index contributed by atoms with van der Waals surface area (Å²) in [6.45, 7) is 0. The minimum absolute atomic E-state index is 0.416. The Balaban J connectivity index is 2.18.